The van der Waals surface area contributed by atoms with Crippen molar-refractivity contribution >= 4 is 11.4 Å². The first-order valence-corrected chi connectivity index (χ1v) is 5.94. The van der Waals surface area contributed by atoms with Crippen LogP contribution in [0.25, 0.3) is 0 Å². The largest absolute Gasteiger partial charge is 0.396 e. The molecule has 1 aromatic rings. The molecular weight excluding hydrogens is 200 g/mol. The molecule has 0 spiro atoms. The van der Waals surface area contributed by atoms with Gasteiger partial charge in [0.15, 0.2) is 0 Å². The van der Waals surface area contributed by atoms with Gasteiger partial charge in [0.1, 0.15) is 0 Å². The van der Waals surface area contributed by atoms with Crippen molar-refractivity contribution < 1.29 is 0 Å². The third-order valence-corrected chi connectivity index (χ3v) is 2.98. The van der Waals surface area contributed by atoms with Gasteiger partial charge in [-0.25, -0.2) is 0 Å². The van der Waals surface area contributed by atoms with Crippen molar-refractivity contribution in [2.24, 2.45) is 0 Å². The van der Waals surface area contributed by atoms with E-state index in [4.69, 9.17) is 5.73 Å². The number of likely N-dealkylation sites (tertiary alicyclic amines) is 1. The summed E-state index contributed by atoms with van der Waals surface area (Å²) >= 11 is 0. The Balaban J connectivity index is 1.86. The van der Waals surface area contributed by atoms with Crippen LogP contribution >= 0.6 is 0 Å². The standard InChI is InChI=1S/C12H20N4/c1-10(9-16-6-2-3-7-16)15-12-4-5-14-8-11(12)13/h4-5,8,10H,2-3,6-7,9,13H2,1H3,(H,14,15). The van der Waals surface area contributed by atoms with Crippen molar-refractivity contribution in [1.29, 1.82) is 0 Å². The molecule has 1 fully saturated rings. The average Bonchev–Trinajstić information content (AvgIpc) is 2.74. The van der Waals surface area contributed by atoms with Crippen LogP contribution in [-0.4, -0.2) is 35.6 Å². The third-order valence-electron chi connectivity index (χ3n) is 2.98. The molecule has 0 bridgehead atoms. The lowest BCUT2D eigenvalue weighted by Crippen LogP contribution is -2.33. The minimum Gasteiger partial charge on any atom is -0.396 e. The van der Waals surface area contributed by atoms with Crippen molar-refractivity contribution in [3.05, 3.63) is 18.5 Å². The Labute approximate surface area is 96.8 Å². The van der Waals surface area contributed by atoms with Crippen LogP contribution in [0.2, 0.25) is 0 Å². The molecule has 1 aromatic heterocycles. The van der Waals surface area contributed by atoms with Gasteiger partial charge in [-0.05, 0) is 38.9 Å². The first-order chi connectivity index (χ1) is 7.75. The Bertz CT molecular complexity index is 334. The molecule has 0 amide bonds. The fraction of sp³-hybridized carbons (Fsp3) is 0.583. The summed E-state index contributed by atoms with van der Waals surface area (Å²) in [6, 6.07) is 2.35. The zero-order chi connectivity index (χ0) is 11.4. The van der Waals surface area contributed by atoms with Gasteiger partial charge in [0.05, 0.1) is 17.6 Å². The van der Waals surface area contributed by atoms with Crippen LogP contribution in [0.15, 0.2) is 18.5 Å². The Morgan fingerprint density at radius 1 is 1.50 bits per heavy atom. The van der Waals surface area contributed by atoms with E-state index in [2.05, 4.69) is 22.1 Å². The molecule has 2 heterocycles. The smallest absolute Gasteiger partial charge is 0.0736 e. The van der Waals surface area contributed by atoms with E-state index in [0.29, 0.717) is 6.04 Å². The molecule has 1 saturated heterocycles. The molecule has 0 radical (unpaired) electrons. The monoisotopic (exact) mass is 220 g/mol. The summed E-state index contributed by atoms with van der Waals surface area (Å²) < 4.78 is 0. The maximum absolute atomic E-state index is 5.84. The highest BCUT2D eigenvalue weighted by Crippen LogP contribution is 2.17. The van der Waals surface area contributed by atoms with E-state index in [1.54, 1.807) is 12.4 Å². The normalized spacial score (nSPS) is 18.6. The van der Waals surface area contributed by atoms with Gasteiger partial charge in [-0.15, -0.1) is 0 Å². The highest BCUT2D eigenvalue weighted by Gasteiger charge is 2.14. The van der Waals surface area contributed by atoms with Gasteiger partial charge in [0, 0.05) is 18.8 Å². The van der Waals surface area contributed by atoms with E-state index >= 15 is 0 Å². The lowest BCUT2D eigenvalue weighted by Gasteiger charge is -2.22. The molecule has 3 N–H and O–H groups in total. The number of pyridine rings is 1. The summed E-state index contributed by atoms with van der Waals surface area (Å²) in [7, 11) is 0. The molecule has 1 aliphatic heterocycles. The van der Waals surface area contributed by atoms with E-state index in [0.717, 1.165) is 17.9 Å². The summed E-state index contributed by atoms with van der Waals surface area (Å²) in [4.78, 5) is 6.48. The molecule has 4 heteroatoms. The molecule has 0 aromatic carbocycles. The molecular formula is C12H20N4. The highest BCUT2D eigenvalue weighted by molar-refractivity contribution is 5.64. The van der Waals surface area contributed by atoms with Crippen LogP contribution in [-0.2, 0) is 0 Å². The minimum atomic E-state index is 0.419. The molecule has 1 atom stereocenters. The predicted octanol–water partition coefficient (Wildman–Crippen LogP) is 1.56. The maximum Gasteiger partial charge on any atom is 0.0736 e. The summed E-state index contributed by atoms with van der Waals surface area (Å²) in [5.74, 6) is 0. The second-order valence-corrected chi connectivity index (χ2v) is 4.52. The van der Waals surface area contributed by atoms with E-state index in [9.17, 15) is 0 Å². The molecule has 1 unspecified atom stereocenters. The van der Waals surface area contributed by atoms with Gasteiger partial charge in [-0.1, -0.05) is 0 Å². The summed E-state index contributed by atoms with van der Waals surface area (Å²) in [5, 5.41) is 3.43. The Morgan fingerprint density at radius 3 is 2.94 bits per heavy atom. The van der Waals surface area contributed by atoms with Crippen molar-refractivity contribution in [3.8, 4) is 0 Å². The number of hydrogen-bond acceptors (Lipinski definition) is 4. The van der Waals surface area contributed by atoms with Gasteiger partial charge < -0.3 is 16.0 Å². The lowest BCUT2D eigenvalue weighted by molar-refractivity contribution is 0.328. The van der Waals surface area contributed by atoms with Gasteiger partial charge in [0.2, 0.25) is 0 Å². The molecule has 0 aliphatic carbocycles. The molecule has 16 heavy (non-hydrogen) atoms. The van der Waals surface area contributed by atoms with Crippen LogP contribution in [0.4, 0.5) is 11.4 Å². The zero-order valence-corrected chi connectivity index (χ0v) is 9.82. The van der Waals surface area contributed by atoms with Gasteiger partial charge >= 0.3 is 0 Å². The molecule has 88 valence electrons. The predicted molar refractivity (Wildman–Crippen MR) is 67.4 cm³/mol. The van der Waals surface area contributed by atoms with E-state index < -0.39 is 0 Å². The number of aromatic nitrogens is 1. The van der Waals surface area contributed by atoms with Gasteiger partial charge in [-0.2, -0.15) is 0 Å². The van der Waals surface area contributed by atoms with Crippen molar-refractivity contribution in [2.45, 2.75) is 25.8 Å². The molecule has 1 aliphatic rings. The number of anilines is 2. The van der Waals surface area contributed by atoms with Crippen LogP contribution < -0.4 is 11.1 Å². The van der Waals surface area contributed by atoms with Gasteiger partial charge in [0.25, 0.3) is 0 Å². The first kappa shape index (κ1) is 11.2. The maximum atomic E-state index is 5.84. The van der Waals surface area contributed by atoms with Crippen LogP contribution in [0.3, 0.4) is 0 Å². The SMILES string of the molecule is CC(CN1CCCC1)Nc1ccncc1N. The number of hydrogen-bond donors (Lipinski definition) is 2. The summed E-state index contributed by atoms with van der Waals surface area (Å²) in [6.07, 6.45) is 6.13. The highest BCUT2D eigenvalue weighted by atomic mass is 15.2. The molecule has 0 saturated carbocycles. The van der Waals surface area contributed by atoms with Crippen LogP contribution in [0, 0.1) is 0 Å². The number of rotatable bonds is 4. The Hall–Kier alpha value is -1.29. The Kier molecular flexibility index (Phi) is 3.62. The quantitative estimate of drug-likeness (QED) is 0.808. The van der Waals surface area contributed by atoms with Crippen LogP contribution in [0.5, 0.6) is 0 Å². The Morgan fingerprint density at radius 2 is 2.25 bits per heavy atom. The number of nitrogen functional groups attached to an aromatic ring is 1. The zero-order valence-electron chi connectivity index (χ0n) is 9.82. The fourth-order valence-electron chi connectivity index (χ4n) is 2.20. The average molecular weight is 220 g/mol. The van der Waals surface area contributed by atoms with E-state index in [1.165, 1.54) is 25.9 Å². The number of nitrogens with two attached hydrogens (primary N) is 1. The second-order valence-electron chi connectivity index (χ2n) is 4.52. The fourth-order valence-corrected chi connectivity index (χ4v) is 2.20. The first-order valence-electron chi connectivity index (χ1n) is 5.94. The summed E-state index contributed by atoms with van der Waals surface area (Å²) in [5.41, 5.74) is 7.54. The van der Waals surface area contributed by atoms with Crippen LogP contribution in [0.1, 0.15) is 19.8 Å². The van der Waals surface area contributed by atoms with E-state index in [1.807, 2.05) is 6.07 Å². The number of nitrogens with one attached hydrogen (secondary N) is 1. The van der Waals surface area contributed by atoms with Gasteiger partial charge in [-0.3, -0.25) is 4.98 Å². The second kappa shape index (κ2) is 5.16. The van der Waals surface area contributed by atoms with Crippen molar-refractivity contribution in [2.75, 3.05) is 30.7 Å². The number of nitrogens with zero attached hydrogens (tertiary/aromatic N) is 2. The van der Waals surface area contributed by atoms with E-state index in [-0.39, 0.29) is 0 Å². The summed E-state index contributed by atoms with van der Waals surface area (Å²) in [6.45, 7) is 5.75. The van der Waals surface area contributed by atoms with Crippen molar-refractivity contribution in [3.63, 3.8) is 0 Å². The third kappa shape index (κ3) is 2.85. The molecule has 2 rings (SSSR count). The van der Waals surface area contributed by atoms with Crippen molar-refractivity contribution in [1.82, 2.24) is 9.88 Å². The topological polar surface area (TPSA) is 54.2 Å². The lowest BCUT2D eigenvalue weighted by atomic mass is 10.2. The molecule has 4 nitrogen and oxygen atoms in total. The minimum absolute atomic E-state index is 0.419.